The van der Waals surface area contributed by atoms with Gasteiger partial charge in [-0.1, -0.05) is 6.07 Å². The number of hydrogen-bond donors (Lipinski definition) is 2. The summed E-state index contributed by atoms with van der Waals surface area (Å²) < 4.78 is 0.939. The SMILES string of the molecule is O=C(Nc1cccc2[nH]ncc12)c1ccc(Br)s1. The van der Waals surface area contributed by atoms with E-state index in [1.807, 2.05) is 24.3 Å². The van der Waals surface area contributed by atoms with Gasteiger partial charge < -0.3 is 5.32 Å². The first-order chi connectivity index (χ1) is 8.74. The Bertz CT molecular complexity index is 719. The van der Waals surface area contributed by atoms with Crippen molar-refractivity contribution in [2.75, 3.05) is 5.32 Å². The van der Waals surface area contributed by atoms with Crippen LogP contribution in [0.3, 0.4) is 0 Å². The molecule has 0 spiro atoms. The van der Waals surface area contributed by atoms with Crippen molar-refractivity contribution in [3.63, 3.8) is 0 Å². The van der Waals surface area contributed by atoms with E-state index in [4.69, 9.17) is 0 Å². The van der Waals surface area contributed by atoms with Crippen LogP contribution in [0.1, 0.15) is 9.67 Å². The Labute approximate surface area is 115 Å². The maximum Gasteiger partial charge on any atom is 0.265 e. The minimum Gasteiger partial charge on any atom is -0.321 e. The highest BCUT2D eigenvalue weighted by Gasteiger charge is 2.10. The molecule has 4 nitrogen and oxygen atoms in total. The monoisotopic (exact) mass is 321 g/mol. The van der Waals surface area contributed by atoms with Gasteiger partial charge in [-0.05, 0) is 40.2 Å². The molecule has 3 rings (SSSR count). The Hall–Kier alpha value is -1.66. The van der Waals surface area contributed by atoms with E-state index in [1.54, 1.807) is 12.3 Å². The third-order valence-corrected chi connectivity index (χ3v) is 4.15. The van der Waals surface area contributed by atoms with Crippen LogP contribution in [0.15, 0.2) is 40.3 Å². The molecule has 0 saturated heterocycles. The summed E-state index contributed by atoms with van der Waals surface area (Å²) >= 11 is 4.75. The summed E-state index contributed by atoms with van der Waals surface area (Å²) in [4.78, 5) is 12.7. The minimum atomic E-state index is -0.112. The second-order valence-electron chi connectivity index (χ2n) is 3.69. The Kier molecular flexibility index (Phi) is 2.89. The highest BCUT2D eigenvalue weighted by atomic mass is 79.9. The Morgan fingerprint density at radius 1 is 1.33 bits per heavy atom. The quantitative estimate of drug-likeness (QED) is 0.757. The molecule has 2 aromatic heterocycles. The highest BCUT2D eigenvalue weighted by molar-refractivity contribution is 9.11. The maximum atomic E-state index is 12.0. The molecule has 0 aliphatic carbocycles. The van der Waals surface area contributed by atoms with Crippen LogP contribution in [-0.2, 0) is 0 Å². The van der Waals surface area contributed by atoms with E-state index >= 15 is 0 Å². The molecule has 90 valence electrons. The number of aromatic amines is 1. The van der Waals surface area contributed by atoms with E-state index in [0.29, 0.717) is 4.88 Å². The van der Waals surface area contributed by atoms with Gasteiger partial charge in [0.05, 0.1) is 26.1 Å². The van der Waals surface area contributed by atoms with Gasteiger partial charge in [-0.2, -0.15) is 5.10 Å². The van der Waals surface area contributed by atoms with Gasteiger partial charge >= 0.3 is 0 Å². The van der Waals surface area contributed by atoms with Gasteiger partial charge in [-0.3, -0.25) is 9.89 Å². The van der Waals surface area contributed by atoms with Crippen LogP contribution in [0.4, 0.5) is 5.69 Å². The van der Waals surface area contributed by atoms with Crippen LogP contribution in [0, 0.1) is 0 Å². The van der Waals surface area contributed by atoms with Crippen LogP contribution in [0.2, 0.25) is 0 Å². The molecule has 3 aromatic rings. The van der Waals surface area contributed by atoms with E-state index in [2.05, 4.69) is 31.4 Å². The molecule has 0 saturated carbocycles. The number of hydrogen-bond acceptors (Lipinski definition) is 3. The fourth-order valence-electron chi connectivity index (χ4n) is 1.70. The average Bonchev–Trinajstić information content (AvgIpc) is 2.97. The molecule has 0 bridgehead atoms. The fraction of sp³-hybridized carbons (Fsp3) is 0. The van der Waals surface area contributed by atoms with Crippen molar-refractivity contribution in [2.24, 2.45) is 0 Å². The lowest BCUT2D eigenvalue weighted by atomic mass is 10.2. The summed E-state index contributed by atoms with van der Waals surface area (Å²) in [6.45, 7) is 0. The van der Waals surface area contributed by atoms with Gasteiger partial charge in [0.1, 0.15) is 0 Å². The predicted octanol–water partition coefficient (Wildman–Crippen LogP) is 3.64. The van der Waals surface area contributed by atoms with E-state index in [-0.39, 0.29) is 5.91 Å². The van der Waals surface area contributed by atoms with Gasteiger partial charge in [0.2, 0.25) is 0 Å². The van der Waals surface area contributed by atoms with Crippen LogP contribution < -0.4 is 5.32 Å². The van der Waals surface area contributed by atoms with Gasteiger partial charge in [0, 0.05) is 5.39 Å². The second-order valence-corrected chi connectivity index (χ2v) is 6.16. The van der Waals surface area contributed by atoms with Crippen LogP contribution >= 0.6 is 27.3 Å². The van der Waals surface area contributed by atoms with E-state index in [0.717, 1.165) is 20.4 Å². The zero-order valence-corrected chi connectivity index (χ0v) is 11.5. The number of rotatable bonds is 2. The number of halogens is 1. The zero-order valence-electron chi connectivity index (χ0n) is 9.11. The molecule has 0 unspecified atom stereocenters. The normalized spacial score (nSPS) is 10.7. The van der Waals surface area contributed by atoms with Crippen LogP contribution in [0.5, 0.6) is 0 Å². The summed E-state index contributed by atoms with van der Waals surface area (Å²) in [7, 11) is 0. The van der Waals surface area contributed by atoms with Crippen molar-refractivity contribution in [1.82, 2.24) is 10.2 Å². The molecule has 1 aromatic carbocycles. The molecule has 0 aliphatic rings. The number of nitrogens with one attached hydrogen (secondary N) is 2. The first-order valence-electron chi connectivity index (χ1n) is 5.23. The van der Waals surface area contributed by atoms with Crippen molar-refractivity contribution >= 4 is 49.8 Å². The molecule has 0 fully saturated rings. The van der Waals surface area contributed by atoms with Crippen LogP contribution in [-0.4, -0.2) is 16.1 Å². The maximum absolute atomic E-state index is 12.0. The highest BCUT2D eigenvalue weighted by Crippen LogP contribution is 2.25. The average molecular weight is 322 g/mol. The third-order valence-electron chi connectivity index (χ3n) is 2.53. The number of carbonyl (C=O) groups excluding carboxylic acids is 1. The van der Waals surface area contributed by atoms with Crippen molar-refractivity contribution < 1.29 is 4.79 Å². The zero-order chi connectivity index (χ0) is 12.5. The standard InChI is InChI=1S/C12H8BrN3OS/c13-11-5-4-10(18-11)12(17)15-8-2-1-3-9-7(8)6-14-16-9/h1-6H,(H,14,16)(H,15,17). The summed E-state index contributed by atoms with van der Waals surface area (Å²) in [5, 5.41) is 10.6. The number of benzene rings is 1. The first-order valence-corrected chi connectivity index (χ1v) is 6.84. The first kappa shape index (κ1) is 11.4. The molecular weight excluding hydrogens is 314 g/mol. The largest absolute Gasteiger partial charge is 0.321 e. The number of anilines is 1. The lowest BCUT2D eigenvalue weighted by molar-refractivity contribution is 0.103. The second kappa shape index (κ2) is 4.55. The van der Waals surface area contributed by atoms with Crippen molar-refractivity contribution in [3.8, 4) is 0 Å². The fourth-order valence-corrected chi connectivity index (χ4v) is 2.98. The summed E-state index contributed by atoms with van der Waals surface area (Å²) in [5.41, 5.74) is 1.66. The molecule has 2 N–H and O–H groups in total. The van der Waals surface area contributed by atoms with E-state index < -0.39 is 0 Å². The number of nitrogens with zero attached hydrogens (tertiary/aromatic N) is 1. The third kappa shape index (κ3) is 2.04. The van der Waals surface area contributed by atoms with Gasteiger partial charge in [0.25, 0.3) is 5.91 Å². The van der Waals surface area contributed by atoms with Gasteiger partial charge in [0.15, 0.2) is 0 Å². The molecule has 6 heteroatoms. The Balaban J connectivity index is 1.92. The number of carbonyl (C=O) groups is 1. The Morgan fingerprint density at radius 2 is 2.22 bits per heavy atom. The molecule has 1 amide bonds. The summed E-state index contributed by atoms with van der Waals surface area (Å²) in [6, 6.07) is 9.30. The summed E-state index contributed by atoms with van der Waals surface area (Å²) in [6.07, 6.45) is 1.70. The van der Waals surface area contributed by atoms with Crippen molar-refractivity contribution in [3.05, 3.63) is 45.2 Å². The number of amides is 1. The number of fused-ring (bicyclic) bond motifs is 1. The molecule has 18 heavy (non-hydrogen) atoms. The van der Waals surface area contributed by atoms with Crippen LogP contribution in [0.25, 0.3) is 10.9 Å². The topological polar surface area (TPSA) is 57.8 Å². The Morgan fingerprint density at radius 3 is 3.00 bits per heavy atom. The van der Waals surface area contributed by atoms with Gasteiger partial charge in [-0.25, -0.2) is 0 Å². The molecule has 0 radical (unpaired) electrons. The van der Waals surface area contributed by atoms with E-state index in [1.165, 1.54) is 11.3 Å². The lowest BCUT2D eigenvalue weighted by Gasteiger charge is -2.04. The smallest absolute Gasteiger partial charge is 0.265 e. The summed E-state index contributed by atoms with van der Waals surface area (Å²) in [5.74, 6) is -0.112. The molecule has 0 aliphatic heterocycles. The predicted molar refractivity (Wildman–Crippen MR) is 76.1 cm³/mol. The molecule has 2 heterocycles. The minimum absolute atomic E-state index is 0.112. The van der Waals surface area contributed by atoms with E-state index in [9.17, 15) is 4.79 Å². The van der Waals surface area contributed by atoms with Crippen molar-refractivity contribution in [2.45, 2.75) is 0 Å². The van der Waals surface area contributed by atoms with Crippen molar-refractivity contribution in [1.29, 1.82) is 0 Å². The number of thiophene rings is 1. The van der Waals surface area contributed by atoms with Gasteiger partial charge in [-0.15, -0.1) is 11.3 Å². The number of H-pyrrole nitrogens is 1. The molecular formula is C12H8BrN3OS. The molecule has 0 atom stereocenters. The number of aromatic nitrogens is 2. The lowest BCUT2D eigenvalue weighted by Crippen LogP contribution is -2.10.